The van der Waals surface area contributed by atoms with Crippen LogP contribution < -0.4 is 10.2 Å². The van der Waals surface area contributed by atoms with Crippen molar-refractivity contribution >= 4 is 11.4 Å². The highest BCUT2D eigenvalue weighted by atomic mass is 19.2. The maximum Gasteiger partial charge on any atom is 0.159 e. The van der Waals surface area contributed by atoms with Crippen molar-refractivity contribution in [2.75, 3.05) is 16.8 Å². The molecule has 0 fully saturated rings. The summed E-state index contributed by atoms with van der Waals surface area (Å²) in [7, 11) is 0. The number of nitrogens with one attached hydrogen (secondary N) is 1. The van der Waals surface area contributed by atoms with Gasteiger partial charge in [-0.15, -0.1) is 0 Å². The van der Waals surface area contributed by atoms with Crippen molar-refractivity contribution in [2.45, 2.75) is 39.8 Å². The quantitative estimate of drug-likeness (QED) is 0.875. The third-order valence-electron chi connectivity index (χ3n) is 4.70. The van der Waals surface area contributed by atoms with Crippen LogP contribution in [-0.2, 0) is 6.54 Å². The molecule has 0 amide bonds. The molecule has 0 aromatic heterocycles. The maximum absolute atomic E-state index is 13.5. The van der Waals surface area contributed by atoms with E-state index in [4.69, 9.17) is 0 Å². The van der Waals surface area contributed by atoms with E-state index >= 15 is 0 Å². The predicted octanol–water partition coefficient (Wildman–Crippen LogP) is 4.79. The number of benzene rings is 2. The third kappa shape index (κ3) is 3.03. The van der Waals surface area contributed by atoms with E-state index in [2.05, 4.69) is 43.1 Å². The average Bonchev–Trinajstić information content (AvgIpc) is 2.53. The first-order valence-corrected chi connectivity index (χ1v) is 8.05. The summed E-state index contributed by atoms with van der Waals surface area (Å²) in [5.41, 5.74) is 5.52. The lowest BCUT2D eigenvalue weighted by Crippen LogP contribution is -2.43. The summed E-state index contributed by atoms with van der Waals surface area (Å²) in [5, 5.41) is 3.49. The Morgan fingerprint density at radius 3 is 2.52 bits per heavy atom. The number of fused-ring (bicyclic) bond motifs is 1. The van der Waals surface area contributed by atoms with Gasteiger partial charge in [-0.1, -0.05) is 13.0 Å². The Balaban J connectivity index is 1.98. The van der Waals surface area contributed by atoms with Gasteiger partial charge < -0.3 is 10.2 Å². The number of anilines is 2. The smallest absolute Gasteiger partial charge is 0.159 e. The van der Waals surface area contributed by atoms with Gasteiger partial charge in [-0.25, -0.2) is 8.78 Å². The van der Waals surface area contributed by atoms with Crippen LogP contribution in [0.3, 0.4) is 0 Å². The standard InChI is InChI=1S/C19H22F2N2/c1-4-15-10-22-18-7-12(2)13(3)8-19(18)23(15)11-14-5-6-16(20)17(21)9-14/h5-9,15,22H,4,10-11H2,1-3H3. The van der Waals surface area contributed by atoms with E-state index in [-0.39, 0.29) is 0 Å². The fourth-order valence-corrected chi connectivity index (χ4v) is 3.13. The van der Waals surface area contributed by atoms with Crippen LogP contribution in [0.15, 0.2) is 30.3 Å². The van der Waals surface area contributed by atoms with Gasteiger partial charge in [0.25, 0.3) is 0 Å². The lowest BCUT2D eigenvalue weighted by Gasteiger charge is -2.40. The monoisotopic (exact) mass is 316 g/mol. The van der Waals surface area contributed by atoms with E-state index in [1.165, 1.54) is 23.3 Å². The fourth-order valence-electron chi connectivity index (χ4n) is 3.13. The van der Waals surface area contributed by atoms with E-state index < -0.39 is 11.6 Å². The van der Waals surface area contributed by atoms with Gasteiger partial charge in [0.1, 0.15) is 0 Å². The summed E-state index contributed by atoms with van der Waals surface area (Å²) in [6.45, 7) is 7.78. The Labute approximate surface area is 136 Å². The largest absolute Gasteiger partial charge is 0.381 e. The molecule has 0 spiro atoms. The zero-order chi connectivity index (χ0) is 16.6. The maximum atomic E-state index is 13.5. The minimum atomic E-state index is -0.798. The molecule has 4 heteroatoms. The minimum absolute atomic E-state index is 0.331. The number of nitrogens with zero attached hydrogens (tertiary/aromatic N) is 1. The molecule has 1 unspecified atom stereocenters. The van der Waals surface area contributed by atoms with Crippen LogP contribution in [0.4, 0.5) is 20.2 Å². The molecule has 0 saturated heterocycles. The number of hydrogen-bond acceptors (Lipinski definition) is 2. The number of hydrogen-bond donors (Lipinski definition) is 1. The molecular formula is C19H22F2N2. The summed E-state index contributed by atoms with van der Waals surface area (Å²) in [4.78, 5) is 2.30. The van der Waals surface area contributed by atoms with Crippen LogP contribution in [0.2, 0.25) is 0 Å². The van der Waals surface area contributed by atoms with Crippen LogP contribution in [0.1, 0.15) is 30.0 Å². The van der Waals surface area contributed by atoms with Crippen molar-refractivity contribution in [2.24, 2.45) is 0 Å². The summed E-state index contributed by atoms with van der Waals surface area (Å²) in [5.74, 6) is -1.58. The summed E-state index contributed by atoms with van der Waals surface area (Å²) >= 11 is 0. The van der Waals surface area contributed by atoms with E-state index in [0.29, 0.717) is 12.6 Å². The van der Waals surface area contributed by atoms with Crippen molar-refractivity contribution in [1.29, 1.82) is 0 Å². The van der Waals surface area contributed by atoms with Gasteiger partial charge in [-0.3, -0.25) is 0 Å². The van der Waals surface area contributed by atoms with E-state index in [0.717, 1.165) is 29.9 Å². The Morgan fingerprint density at radius 1 is 1.09 bits per heavy atom. The van der Waals surface area contributed by atoms with Gasteiger partial charge in [-0.05, 0) is 61.2 Å². The Kier molecular flexibility index (Phi) is 4.24. The topological polar surface area (TPSA) is 15.3 Å². The molecule has 0 bridgehead atoms. The summed E-state index contributed by atoms with van der Waals surface area (Å²) in [6.07, 6.45) is 0.989. The molecular weight excluding hydrogens is 294 g/mol. The second kappa shape index (κ2) is 6.19. The lowest BCUT2D eigenvalue weighted by molar-refractivity contribution is 0.505. The zero-order valence-corrected chi connectivity index (χ0v) is 13.8. The zero-order valence-electron chi connectivity index (χ0n) is 13.8. The van der Waals surface area contributed by atoms with E-state index in [9.17, 15) is 8.78 Å². The first kappa shape index (κ1) is 15.8. The predicted molar refractivity (Wildman–Crippen MR) is 91.0 cm³/mol. The van der Waals surface area contributed by atoms with Crippen LogP contribution in [0.5, 0.6) is 0 Å². The molecule has 2 aromatic rings. The first-order valence-electron chi connectivity index (χ1n) is 8.05. The van der Waals surface area contributed by atoms with Gasteiger partial charge in [0, 0.05) is 19.1 Å². The normalized spacial score (nSPS) is 16.9. The van der Waals surface area contributed by atoms with Gasteiger partial charge >= 0.3 is 0 Å². The van der Waals surface area contributed by atoms with Crippen molar-refractivity contribution in [3.05, 3.63) is 58.7 Å². The molecule has 122 valence electrons. The second-order valence-electron chi connectivity index (χ2n) is 6.27. The van der Waals surface area contributed by atoms with E-state index in [1.54, 1.807) is 6.07 Å². The van der Waals surface area contributed by atoms with Crippen molar-refractivity contribution in [3.63, 3.8) is 0 Å². The van der Waals surface area contributed by atoms with Gasteiger partial charge in [0.15, 0.2) is 11.6 Å². The molecule has 23 heavy (non-hydrogen) atoms. The molecule has 1 aliphatic heterocycles. The molecule has 1 heterocycles. The summed E-state index contributed by atoms with van der Waals surface area (Å²) in [6, 6.07) is 8.83. The van der Waals surface area contributed by atoms with Crippen molar-refractivity contribution in [1.82, 2.24) is 0 Å². The van der Waals surface area contributed by atoms with Crippen LogP contribution in [0.25, 0.3) is 0 Å². The Morgan fingerprint density at radius 2 is 1.83 bits per heavy atom. The first-order chi connectivity index (χ1) is 11.0. The molecule has 2 aromatic carbocycles. The third-order valence-corrected chi connectivity index (χ3v) is 4.70. The van der Waals surface area contributed by atoms with Crippen LogP contribution in [-0.4, -0.2) is 12.6 Å². The molecule has 0 radical (unpaired) electrons. The number of rotatable bonds is 3. The molecule has 2 nitrogen and oxygen atoms in total. The molecule has 0 saturated carbocycles. The summed E-state index contributed by atoms with van der Waals surface area (Å²) < 4.78 is 26.7. The molecule has 1 N–H and O–H groups in total. The molecule has 1 atom stereocenters. The molecule has 0 aliphatic carbocycles. The second-order valence-corrected chi connectivity index (χ2v) is 6.27. The SMILES string of the molecule is CCC1CNc2cc(C)c(C)cc2N1Cc1ccc(F)c(F)c1. The van der Waals surface area contributed by atoms with Gasteiger partial charge in [-0.2, -0.15) is 0 Å². The highest BCUT2D eigenvalue weighted by Gasteiger charge is 2.25. The molecule has 3 rings (SSSR count). The van der Waals surface area contributed by atoms with Crippen molar-refractivity contribution < 1.29 is 8.78 Å². The van der Waals surface area contributed by atoms with E-state index in [1.807, 2.05) is 0 Å². The lowest BCUT2D eigenvalue weighted by atomic mass is 10.0. The van der Waals surface area contributed by atoms with Gasteiger partial charge in [0.05, 0.1) is 11.4 Å². The van der Waals surface area contributed by atoms with Crippen molar-refractivity contribution in [3.8, 4) is 0 Å². The Hall–Kier alpha value is -2.10. The minimum Gasteiger partial charge on any atom is -0.381 e. The highest BCUT2D eigenvalue weighted by Crippen LogP contribution is 2.36. The number of aryl methyl sites for hydroxylation is 2. The highest BCUT2D eigenvalue weighted by molar-refractivity contribution is 5.75. The average molecular weight is 316 g/mol. The Bertz CT molecular complexity index is 728. The number of halogens is 2. The molecule has 1 aliphatic rings. The van der Waals surface area contributed by atoms with Crippen LogP contribution in [0, 0.1) is 25.5 Å². The fraction of sp³-hybridized carbons (Fsp3) is 0.368. The van der Waals surface area contributed by atoms with Crippen LogP contribution >= 0.6 is 0 Å². The van der Waals surface area contributed by atoms with Gasteiger partial charge in [0.2, 0.25) is 0 Å².